The Morgan fingerprint density at radius 3 is 2.72 bits per heavy atom. The van der Waals surface area contributed by atoms with E-state index in [9.17, 15) is 0 Å². The summed E-state index contributed by atoms with van der Waals surface area (Å²) in [5.74, 6) is 0. The third-order valence-corrected chi connectivity index (χ3v) is 3.67. The maximum absolute atomic E-state index is 5.57. The number of hydrogen-bond donors (Lipinski definition) is 1. The maximum Gasteiger partial charge on any atom is 0.0112 e. The van der Waals surface area contributed by atoms with Crippen molar-refractivity contribution in [3.8, 4) is 11.1 Å². The number of nitrogens with two attached hydrogens (primary N) is 1. The predicted octanol–water partition coefficient (Wildman–Crippen LogP) is 3.62. The summed E-state index contributed by atoms with van der Waals surface area (Å²) in [6, 6.07) is 15.4. The molecule has 0 unspecified atom stereocenters. The molecule has 18 heavy (non-hydrogen) atoms. The first kappa shape index (κ1) is 11.2. The maximum atomic E-state index is 5.57. The van der Waals surface area contributed by atoms with Gasteiger partial charge in [-0.3, -0.25) is 0 Å². The molecule has 0 saturated heterocycles. The molecule has 90 valence electrons. The summed E-state index contributed by atoms with van der Waals surface area (Å²) >= 11 is 0. The zero-order valence-corrected chi connectivity index (χ0v) is 10.6. The zero-order valence-electron chi connectivity index (χ0n) is 10.6. The lowest BCUT2D eigenvalue weighted by molar-refractivity contribution is 1.24. The van der Waals surface area contributed by atoms with E-state index in [1.54, 1.807) is 0 Å². The van der Waals surface area contributed by atoms with Gasteiger partial charge in [-0.1, -0.05) is 48.5 Å². The second-order valence-electron chi connectivity index (χ2n) is 4.83. The van der Waals surface area contributed by atoms with Gasteiger partial charge in [0.25, 0.3) is 0 Å². The minimum atomic E-state index is 0.600. The smallest absolute Gasteiger partial charge is 0.0112 e. The van der Waals surface area contributed by atoms with Gasteiger partial charge in [-0.25, -0.2) is 0 Å². The number of benzene rings is 2. The fraction of sp³-hybridized carbons (Fsp3) is 0.176. The van der Waals surface area contributed by atoms with E-state index in [1.165, 1.54) is 33.4 Å². The van der Waals surface area contributed by atoms with E-state index in [0.717, 1.165) is 6.42 Å². The van der Waals surface area contributed by atoms with Gasteiger partial charge >= 0.3 is 0 Å². The predicted molar refractivity (Wildman–Crippen MR) is 77.4 cm³/mol. The van der Waals surface area contributed by atoms with Crippen LogP contribution in [0.3, 0.4) is 0 Å². The molecule has 2 aromatic rings. The van der Waals surface area contributed by atoms with Crippen LogP contribution in [-0.4, -0.2) is 6.54 Å². The van der Waals surface area contributed by atoms with Gasteiger partial charge in [0.1, 0.15) is 0 Å². The lowest BCUT2D eigenvalue weighted by Gasteiger charge is -2.05. The van der Waals surface area contributed by atoms with Crippen molar-refractivity contribution in [3.63, 3.8) is 0 Å². The second-order valence-corrected chi connectivity index (χ2v) is 4.83. The molecule has 0 amide bonds. The van der Waals surface area contributed by atoms with Crippen LogP contribution in [0, 0.1) is 0 Å². The van der Waals surface area contributed by atoms with Crippen molar-refractivity contribution in [3.05, 3.63) is 65.2 Å². The standard InChI is InChI=1S/C17H17N/c1-12(8-9-18)13-6-7-17-15(10-13)11-14-4-2-3-5-16(14)17/h2-8,10H,9,11,18H2,1H3/b12-8+. The van der Waals surface area contributed by atoms with Crippen LogP contribution in [0.15, 0.2) is 48.5 Å². The van der Waals surface area contributed by atoms with E-state index in [1.807, 2.05) is 0 Å². The highest BCUT2D eigenvalue weighted by atomic mass is 14.5. The summed E-state index contributed by atoms with van der Waals surface area (Å²) in [4.78, 5) is 0. The number of hydrogen-bond acceptors (Lipinski definition) is 1. The molecule has 2 N–H and O–H groups in total. The summed E-state index contributed by atoms with van der Waals surface area (Å²) in [6.07, 6.45) is 3.12. The summed E-state index contributed by atoms with van der Waals surface area (Å²) in [6.45, 7) is 2.72. The molecular weight excluding hydrogens is 218 g/mol. The Labute approximate surface area is 108 Å². The number of rotatable bonds is 2. The SMILES string of the molecule is C/C(=C\CN)c1ccc2c(c1)Cc1ccccc1-2. The molecule has 0 aromatic heterocycles. The first-order valence-electron chi connectivity index (χ1n) is 6.38. The molecule has 0 atom stereocenters. The first-order valence-corrected chi connectivity index (χ1v) is 6.38. The minimum Gasteiger partial charge on any atom is -0.327 e. The van der Waals surface area contributed by atoms with E-state index < -0.39 is 0 Å². The molecule has 0 saturated carbocycles. The highest BCUT2D eigenvalue weighted by Crippen LogP contribution is 2.37. The van der Waals surface area contributed by atoms with Gasteiger partial charge in [0, 0.05) is 6.54 Å². The molecule has 0 bridgehead atoms. The lowest BCUT2D eigenvalue weighted by atomic mass is 10.00. The van der Waals surface area contributed by atoms with Crippen LogP contribution in [-0.2, 0) is 6.42 Å². The molecule has 1 nitrogen and oxygen atoms in total. The van der Waals surface area contributed by atoms with Gasteiger partial charge < -0.3 is 5.73 Å². The topological polar surface area (TPSA) is 26.0 Å². The van der Waals surface area contributed by atoms with Gasteiger partial charge in [0.05, 0.1) is 0 Å². The minimum absolute atomic E-state index is 0.600. The van der Waals surface area contributed by atoms with Crippen molar-refractivity contribution in [2.24, 2.45) is 5.73 Å². The van der Waals surface area contributed by atoms with Crippen molar-refractivity contribution < 1.29 is 0 Å². The zero-order chi connectivity index (χ0) is 12.5. The highest BCUT2D eigenvalue weighted by Gasteiger charge is 2.17. The van der Waals surface area contributed by atoms with E-state index in [-0.39, 0.29) is 0 Å². The van der Waals surface area contributed by atoms with Crippen LogP contribution in [0.2, 0.25) is 0 Å². The Balaban J connectivity index is 2.06. The van der Waals surface area contributed by atoms with E-state index in [4.69, 9.17) is 5.73 Å². The van der Waals surface area contributed by atoms with Crippen molar-refractivity contribution in [1.29, 1.82) is 0 Å². The number of fused-ring (bicyclic) bond motifs is 3. The Hall–Kier alpha value is -1.86. The van der Waals surface area contributed by atoms with Crippen LogP contribution in [0.4, 0.5) is 0 Å². The molecule has 2 aromatic carbocycles. The molecule has 0 fully saturated rings. The first-order chi connectivity index (χ1) is 8.79. The van der Waals surface area contributed by atoms with Crippen molar-refractivity contribution in [2.75, 3.05) is 6.54 Å². The van der Waals surface area contributed by atoms with E-state index in [2.05, 4.69) is 55.5 Å². The lowest BCUT2D eigenvalue weighted by Crippen LogP contribution is -1.94. The summed E-state index contributed by atoms with van der Waals surface area (Å²) in [5, 5.41) is 0. The number of allylic oxidation sites excluding steroid dienone is 1. The van der Waals surface area contributed by atoms with Crippen LogP contribution >= 0.6 is 0 Å². The largest absolute Gasteiger partial charge is 0.327 e. The third kappa shape index (κ3) is 1.77. The molecule has 0 aliphatic heterocycles. The molecule has 1 aliphatic rings. The molecule has 0 spiro atoms. The van der Waals surface area contributed by atoms with Crippen molar-refractivity contribution in [1.82, 2.24) is 0 Å². The van der Waals surface area contributed by atoms with Gasteiger partial charge in [-0.05, 0) is 46.7 Å². The summed E-state index contributed by atoms with van der Waals surface area (Å²) < 4.78 is 0. The second kappa shape index (κ2) is 4.43. The van der Waals surface area contributed by atoms with Crippen molar-refractivity contribution in [2.45, 2.75) is 13.3 Å². The third-order valence-electron chi connectivity index (χ3n) is 3.67. The Morgan fingerprint density at radius 1 is 1.11 bits per heavy atom. The molecule has 1 heteroatoms. The normalized spacial score (nSPS) is 13.3. The fourth-order valence-corrected chi connectivity index (χ4v) is 2.69. The fourth-order valence-electron chi connectivity index (χ4n) is 2.69. The summed E-state index contributed by atoms with van der Waals surface area (Å²) in [7, 11) is 0. The van der Waals surface area contributed by atoms with Crippen LogP contribution in [0.5, 0.6) is 0 Å². The van der Waals surface area contributed by atoms with Gasteiger partial charge in [-0.15, -0.1) is 0 Å². The molecular formula is C17H17N. The Morgan fingerprint density at radius 2 is 1.89 bits per heavy atom. The van der Waals surface area contributed by atoms with Crippen molar-refractivity contribution >= 4 is 5.57 Å². The molecule has 0 radical (unpaired) electrons. The monoisotopic (exact) mass is 235 g/mol. The summed E-state index contributed by atoms with van der Waals surface area (Å²) in [5.41, 5.74) is 13.8. The van der Waals surface area contributed by atoms with Crippen LogP contribution < -0.4 is 5.73 Å². The van der Waals surface area contributed by atoms with Crippen LogP contribution in [0.1, 0.15) is 23.6 Å². The quantitative estimate of drug-likeness (QED) is 0.721. The van der Waals surface area contributed by atoms with E-state index in [0.29, 0.717) is 6.54 Å². The van der Waals surface area contributed by atoms with E-state index >= 15 is 0 Å². The Bertz CT molecular complexity index is 623. The average molecular weight is 235 g/mol. The molecule has 0 heterocycles. The van der Waals surface area contributed by atoms with Gasteiger partial charge in [0.2, 0.25) is 0 Å². The highest BCUT2D eigenvalue weighted by molar-refractivity contribution is 5.79. The van der Waals surface area contributed by atoms with Gasteiger partial charge in [-0.2, -0.15) is 0 Å². The average Bonchev–Trinajstić information content (AvgIpc) is 2.76. The molecule has 3 rings (SSSR count). The van der Waals surface area contributed by atoms with Crippen LogP contribution in [0.25, 0.3) is 16.7 Å². The van der Waals surface area contributed by atoms with Gasteiger partial charge in [0.15, 0.2) is 0 Å². The Kier molecular flexibility index (Phi) is 2.77. The molecule has 1 aliphatic carbocycles.